The molecule has 1 aromatic heterocycles. The number of nitrogens with two attached hydrogens (primary N) is 1. The molecule has 0 spiro atoms. The van der Waals surface area contributed by atoms with Crippen molar-refractivity contribution in [2.75, 3.05) is 12.3 Å². The monoisotopic (exact) mass is 259 g/mol. The maximum absolute atomic E-state index is 11.7. The Bertz CT molecular complexity index is 605. The minimum atomic E-state index is -0.661. The van der Waals surface area contributed by atoms with Gasteiger partial charge < -0.3 is 10.5 Å². The molecule has 1 heterocycles. The van der Waals surface area contributed by atoms with Crippen LogP contribution in [0.2, 0.25) is 0 Å². The van der Waals surface area contributed by atoms with E-state index in [1.807, 2.05) is 6.07 Å². The van der Waals surface area contributed by atoms with Gasteiger partial charge in [0.15, 0.2) is 12.0 Å². The third-order valence-electron chi connectivity index (χ3n) is 2.55. The average molecular weight is 259 g/mol. The SMILES string of the molecule is CCOC(=O)c1nn(-c2ccccc2)c(N)c1C=O. The number of benzene rings is 1. The van der Waals surface area contributed by atoms with Crippen molar-refractivity contribution in [3.8, 4) is 5.69 Å². The number of aromatic nitrogens is 2. The van der Waals surface area contributed by atoms with Crippen molar-refractivity contribution >= 4 is 18.1 Å². The van der Waals surface area contributed by atoms with E-state index in [-0.39, 0.29) is 23.7 Å². The van der Waals surface area contributed by atoms with Crippen LogP contribution in [0, 0.1) is 0 Å². The van der Waals surface area contributed by atoms with Crippen LogP contribution in [0.4, 0.5) is 5.82 Å². The zero-order valence-corrected chi connectivity index (χ0v) is 10.4. The van der Waals surface area contributed by atoms with E-state index in [0.717, 1.165) is 0 Å². The van der Waals surface area contributed by atoms with Crippen LogP contribution in [0.3, 0.4) is 0 Å². The lowest BCUT2D eigenvalue weighted by Crippen LogP contribution is -2.08. The van der Waals surface area contributed by atoms with Crippen LogP contribution >= 0.6 is 0 Å². The Labute approximate surface area is 109 Å². The molecule has 19 heavy (non-hydrogen) atoms. The number of ether oxygens (including phenoxy) is 1. The van der Waals surface area contributed by atoms with Gasteiger partial charge in [-0.15, -0.1) is 0 Å². The topological polar surface area (TPSA) is 87.2 Å². The van der Waals surface area contributed by atoms with E-state index in [4.69, 9.17) is 10.5 Å². The van der Waals surface area contributed by atoms with Crippen LogP contribution in [-0.2, 0) is 4.74 Å². The van der Waals surface area contributed by atoms with Crippen LogP contribution in [0.5, 0.6) is 0 Å². The summed E-state index contributed by atoms with van der Waals surface area (Å²) >= 11 is 0. The van der Waals surface area contributed by atoms with Crippen LogP contribution in [0.15, 0.2) is 30.3 Å². The molecule has 6 nitrogen and oxygen atoms in total. The van der Waals surface area contributed by atoms with E-state index >= 15 is 0 Å². The maximum atomic E-state index is 11.7. The summed E-state index contributed by atoms with van der Waals surface area (Å²) in [6.45, 7) is 1.88. The van der Waals surface area contributed by atoms with Gasteiger partial charge in [-0.05, 0) is 19.1 Å². The van der Waals surface area contributed by atoms with Gasteiger partial charge in [0.2, 0.25) is 0 Å². The number of aldehydes is 1. The number of esters is 1. The number of hydrogen-bond acceptors (Lipinski definition) is 5. The largest absolute Gasteiger partial charge is 0.461 e. The smallest absolute Gasteiger partial charge is 0.359 e. The highest BCUT2D eigenvalue weighted by Crippen LogP contribution is 2.20. The predicted octanol–water partition coefficient (Wildman–Crippen LogP) is 1.44. The molecule has 2 N–H and O–H groups in total. The minimum absolute atomic E-state index is 0.0438. The zero-order valence-electron chi connectivity index (χ0n) is 10.4. The van der Waals surface area contributed by atoms with Crippen molar-refractivity contribution in [3.05, 3.63) is 41.6 Å². The molecule has 2 aromatic rings. The summed E-state index contributed by atoms with van der Waals surface area (Å²) < 4.78 is 6.19. The van der Waals surface area contributed by atoms with E-state index in [0.29, 0.717) is 12.0 Å². The Kier molecular flexibility index (Phi) is 3.61. The van der Waals surface area contributed by atoms with Gasteiger partial charge in [-0.1, -0.05) is 18.2 Å². The van der Waals surface area contributed by atoms with Crippen molar-refractivity contribution in [1.29, 1.82) is 0 Å². The molecule has 0 aliphatic heterocycles. The number of hydrogen-bond donors (Lipinski definition) is 1. The number of carbonyl (C=O) groups excluding carboxylic acids is 2. The van der Waals surface area contributed by atoms with Crippen molar-refractivity contribution in [3.63, 3.8) is 0 Å². The molecule has 0 bridgehead atoms. The lowest BCUT2D eigenvalue weighted by Gasteiger charge is -2.02. The van der Waals surface area contributed by atoms with Gasteiger partial charge >= 0.3 is 5.97 Å². The van der Waals surface area contributed by atoms with E-state index < -0.39 is 5.97 Å². The van der Waals surface area contributed by atoms with E-state index in [1.54, 1.807) is 31.2 Å². The second-order valence-electron chi connectivity index (χ2n) is 3.73. The van der Waals surface area contributed by atoms with Gasteiger partial charge in [0, 0.05) is 0 Å². The second-order valence-corrected chi connectivity index (χ2v) is 3.73. The number of anilines is 1. The highest BCUT2D eigenvalue weighted by molar-refractivity contribution is 5.99. The molecule has 0 saturated heterocycles. The van der Waals surface area contributed by atoms with Gasteiger partial charge in [-0.3, -0.25) is 4.79 Å². The van der Waals surface area contributed by atoms with Gasteiger partial charge in [0.25, 0.3) is 0 Å². The van der Waals surface area contributed by atoms with E-state index in [9.17, 15) is 9.59 Å². The van der Waals surface area contributed by atoms with E-state index in [2.05, 4.69) is 5.10 Å². The fourth-order valence-corrected chi connectivity index (χ4v) is 1.68. The molecule has 0 aliphatic rings. The Morgan fingerprint density at radius 2 is 2.11 bits per heavy atom. The molecule has 0 atom stereocenters. The lowest BCUT2D eigenvalue weighted by molar-refractivity contribution is 0.0517. The molecule has 0 radical (unpaired) electrons. The molecule has 98 valence electrons. The molecule has 6 heteroatoms. The first-order valence-electron chi connectivity index (χ1n) is 5.75. The normalized spacial score (nSPS) is 10.2. The molecular formula is C13H13N3O3. The summed E-state index contributed by atoms with van der Waals surface area (Å²) in [7, 11) is 0. The fourth-order valence-electron chi connectivity index (χ4n) is 1.68. The third kappa shape index (κ3) is 2.33. The minimum Gasteiger partial charge on any atom is -0.461 e. The first-order chi connectivity index (χ1) is 9.19. The number of carbonyl (C=O) groups is 2. The number of rotatable bonds is 4. The Hall–Kier alpha value is -2.63. The molecule has 0 saturated carbocycles. The Morgan fingerprint density at radius 1 is 1.42 bits per heavy atom. The zero-order chi connectivity index (χ0) is 13.8. The Balaban J connectivity index is 2.53. The number of nitrogen functional groups attached to an aromatic ring is 1. The Morgan fingerprint density at radius 3 is 2.68 bits per heavy atom. The van der Waals surface area contributed by atoms with Crippen LogP contribution in [0.1, 0.15) is 27.8 Å². The summed E-state index contributed by atoms with van der Waals surface area (Å²) in [5.74, 6) is -0.546. The molecule has 0 fully saturated rings. The van der Waals surface area contributed by atoms with Gasteiger partial charge in [-0.25, -0.2) is 9.48 Å². The quantitative estimate of drug-likeness (QED) is 0.663. The van der Waals surface area contributed by atoms with Crippen molar-refractivity contribution in [1.82, 2.24) is 9.78 Å². The first-order valence-corrected chi connectivity index (χ1v) is 5.75. The fraction of sp³-hybridized carbons (Fsp3) is 0.154. The van der Waals surface area contributed by atoms with Gasteiger partial charge in [-0.2, -0.15) is 5.10 Å². The molecule has 0 amide bonds. The van der Waals surface area contributed by atoms with Gasteiger partial charge in [0.05, 0.1) is 17.9 Å². The predicted molar refractivity (Wildman–Crippen MR) is 69.3 cm³/mol. The summed E-state index contributed by atoms with van der Waals surface area (Å²) in [5.41, 5.74) is 6.48. The number of para-hydroxylation sites is 1. The van der Waals surface area contributed by atoms with Gasteiger partial charge in [0.1, 0.15) is 5.82 Å². The van der Waals surface area contributed by atoms with Crippen LogP contribution in [-0.4, -0.2) is 28.6 Å². The summed E-state index contributed by atoms with van der Waals surface area (Å²) in [6, 6.07) is 9.00. The third-order valence-corrected chi connectivity index (χ3v) is 2.55. The first kappa shape index (κ1) is 12.8. The number of nitrogens with zero attached hydrogens (tertiary/aromatic N) is 2. The lowest BCUT2D eigenvalue weighted by atomic mass is 10.2. The van der Waals surface area contributed by atoms with E-state index in [1.165, 1.54) is 4.68 Å². The highest BCUT2D eigenvalue weighted by atomic mass is 16.5. The molecule has 0 unspecified atom stereocenters. The summed E-state index contributed by atoms with van der Waals surface area (Å²) in [6.07, 6.45) is 0.508. The van der Waals surface area contributed by atoms with Crippen LogP contribution < -0.4 is 5.73 Å². The molecular weight excluding hydrogens is 246 g/mol. The molecule has 1 aromatic carbocycles. The maximum Gasteiger partial charge on any atom is 0.359 e. The summed E-state index contributed by atoms with van der Waals surface area (Å²) in [4.78, 5) is 22.8. The van der Waals surface area contributed by atoms with Crippen LogP contribution in [0.25, 0.3) is 5.69 Å². The second kappa shape index (κ2) is 5.34. The molecule has 2 rings (SSSR count). The van der Waals surface area contributed by atoms with Crippen molar-refractivity contribution in [2.24, 2.45) is 0 Å². The highest BCUT2D eigenvalue weighted by Gasteiger charge is 2.22. The average Bonchev–Trinajstić information content (AvgIpc) is 2.77. The standard InChI is InChI=1S/C13H13N3O3/c1-2-19-13(18)11-10(8-17)12(14)16(15-11)9-6-4-3-5-7-9/h3-8H,2,14H2,1H3. The summed E-state index contributed by atoms with van der Waals surface area (Å²) in [5, 5.41) is 4.06. The van der Waals surface area contributed by atoms with Crippen molar-refractivity contribution in [2.45, 2.75) is 6.92 Å². The van der Waals surface area contributed by atoms with Crippen molar-refractivity contribution < 1.29 is 14.3 Å². The molecule has 0 aliphatic carbocycles.